The fourth-order valence-corrected chi connectivity index (χ4v) is 4.54. The standard InChI is InChI=1S/C29H29N5O2/c1-3-4-11-27-23(19-34(20(2)31-27)24-8-7-16-30-18-24)17-21-12-14-22(15-13-21)25-9-5-6-10-26(25)28-32-29(35)36-33-28/h5-10,12-16,18-20H,3-4,11,17H2,1-2H3,(H,32,33,35). The molecule has 0 bridgehead atoms. The number of hydrogen-bond acceptors (Lipinski definition) is 6. The van der Waals surface area contributed by atoms with Crippen molar-refractivity contribution in [2.45, 2.75) is 45.7 Å². The predicted molar refractivity (Wildman–Crippen MR) is 143 cm³/mol. The van der Waals surface area contributed by atoms with Gasteiger partial charge in [-0.2, -0.15) is 0 Å². The molecule has 1 N–H and O–H groups in total. The Bertz CT molecular complexity index is 1430. The van der Waals surface area contributed by atoms with Crippen molar-refractivity contribution in [1.82, 2.24) is 15.1 Å². The smallest absolute Gasteiger partial charge is 0.324 e. The zero-order valence-corrected chi connectivity index (χ0v) is 20.5. The summed E-state index contributed by atoms with van der Waals surface area (Å²) in [5, 5.41) is 3.87. The summed E-state index contributed by atoms with van der Waals surface area (Å²) < 4.78 is 4.71. The van der Waals surface area contributed by atoms with E-state index in [1.807, 2.05) is 36.5 Å². The molecular formula is C29H29N5O2. The number of pyridine rings is 1. The van der Waals surface area contributed by atoms with Gasteiger partial charge in [-0.25, -0.2) is 4.79 Å². The van der Waals surface area contributed by atoms with Crippen LogP contribution in [0.25, 0.3) is 22.5 Å². The maximum atomic E-state index is 11.5. The van der Waals surface area contributed by atoms with E-state index in [0.717, 1.165) is 48.1 Å². The maximum absolute atomic E-state index is 11.5. The van der Waals surface area contributed by atoms with Crippen molar-refractivity contribution in [3.8, 4) is 22.5 Å². The van der Waals surface area contributed by atoms with Crippen LogP contribution in [0.1, 0.15) is 38.7 Å². The van der Waals surface area contributed by atoms with Gasteiger partial charge in [0.1, 0.15) is 6.17 Å². The van der Waals surface area contributed by atoms with Gasteiger partial charge >= 0.3 is 5.76 Å². The van der Waals surface area contributed by atoms with Crippen LogP contribution >= 0.6 is 0 Å². The fourth-order valence-electron chi connectivity index (χ4n) is 4.54. The molecule has 0 saturated carbocycles. The minimum absolute atomic E-state index is 0.0339. The van der Waals surface area contributed by atoms with Gasteiger partial charge in [0.05, 0.1) is 11.9 Å². The minimum Gasteiger partial charge on any atom is -0.324 e. The van der Waals surface area contributed by atoms with Gasteiger partial charge in [-0.15, -0.1) is 0 Å². The summed E-state index contributed by atoms with van der Waals surface area (Å²) in [6.07, 6.45) is 9.98. The van der Waals surface area contributed by atoms with Crippen molar-refractivity contribution in [3.05, 3.63) is 101 Å². The van der Waals surface area contributed by atoms with Crippen molar-refractivity contribution in [2.24, 2.45) is 4.99 Å². The largest absolute Gasteiger partial charge is 0.439 e. The van der Waals surface area contributed by atoms with Crippen LogP contribution in [0.3, 0.4) is 0 Å². The van der Waals surface area contributed by atoms with Gasteiger partial charge in [0, 0.05) is 30.1 Å². The number of unbranched alkanes of at least 4 members (excludes halogenated alkanes) is 1. The monoisotopic (exact) mass is 479 g/mol. The first kappa shape index (κ1) is 23.5. The number of aromatic amines is 1. The fraction of sp³-hybridized carbons (Fsp3) is 0.241. The number of hydrogen-bond donors (Lipinski definition) is 1. The average Bonchev–Trinajstić information content (AvgIpc) is 3.35. The Morgan fingerprint density at radius 1 is 1.03 bits per heavy atom. The lowest BCUT2D eigenvalue weighted by molar-refractivity contribution is 0.388. The Kier molecular flexibility index (Phi) is 6.89. The van der Waals surface area contributed by atoms with Crippen molar-refractivity contribution in [3.63, 3.8) is 0 Å². The number of aliphatic imine (C=N–C) groups is 1. The molecule has 2 aromatic heterocycles. The topological polar surface area (TPSA) is 87.4 Å². The predicted octanol–water partition coefficient (Wildman–Crippen LogP) is 6.02. The first-order valence-electron chi connectivity index (χ1n) is 12.3. The summed E-state index contributed by atoms with van der Waals surface area (Å²) in [4.78, 5) is 25.7. The molecule has 5 rings (SSSR count). The van der Waals surface area contributed by atoms with E-state index in [0.29, 0.717) is 5.82 Å². The van der Waals surface area contributed by atoms with Gasteiger partial charge in [-0.3, -0.25) is 19.5 Å². The molecule has 7 nitrogen and oxygen atoms in total. The second-order valence-corrected chi connectivity index (χ2v) is 8.95. The molecule has 0 fully saturated rings. The summed E-state index contributed by atoms with van der Waals surface area (Å²) in [6, 6.07) is 20.4. The number of aromatic nitrogens is 3. The lowest BCUT2D eigenvalue weighted by atomic mass is 9.94. The molecule has 2 aromatic carbocycles. The molecule has 0 radical (unpaired) electrons. The van der Waals surface area contributed by atoms with Gasteiger partial charge in [0.25, 0.3) is 0 Å². The Morgan fingerprint density at radius 3 is 2.53 bits per heavy atom. The van der Waals surface area contributed by atoms with Crippen LogP contribution in [-0.2, 0) is 6.42 Å². The summed E-state index contributed by atoms with van der Waals surface area (Å²) >= 11 is 0. The number of anilines is 1. The van der Waals surface area contributed by atoms with E-state index in [1.54, 1.807) is 6.20 Å². The average molecular weight is 480 g/mol. The van der Waals surface area contributed by atoms with E-state index in [1.165, 1.54) is 16.8 Å². The maximum Gasteiger partial charge on any atom is 0.439 e. The molecule has 3 heterocycles. The van der Waals surface area contributed by atoms with Gasteiger partial charge in [-0.1, -0.05) is 67.0 Å². The van der Waals surface area contributed by atoms with E-state index in [-0.39, 0.29) is 6.17 Å². The van der Waals surface area contributed by atoms with E-state index < -0.39 is 5.76 Å². The Labute approximate surface area is 210 Å². The highest BCUT2D eigenvalue weighted by atomic mass is 16.5. The zero-order chi connectivity index (χ0) is 24.9. The van der Waals surface area contributed by atoms with Crippen LogP contribution in [0.4, 0.5) is 5.69 Å². The van der Waals surface area contributed by atoms with Crippen molar-refractivity contribution in [1.29, 1.82) is 0 Å². The molecule has 4 aromatic rings. The molecule has 0 saturated heterocycles. The van der Waals surface area contributed by atoms with Crippen LogP contribution < -0.4 is 10.7 Å². The first-order valence-corrected chi connectivity index (χ1v) is 12.3. The van der Waals surface area contributed by atoms with E-state index in [2.05, 4.69) is 70.4 Å². The van der Waals surface area contributed by atoms with Crippen molar-refractivity contribution >= 4 is 11.4 Å². The Morgan fingerprint density at radius 2 is 1.83 bits per heavy atom. The Balaban J connectivity index is 1.42. The highest BCUT2D eigenvalue weighted by molar-refractivity contribution is 6.02. The molecule has 1 unspecified atom stereocenters. The highest BCUT2D eigenvalue weighted by Gasteiger charge is 2.21. The van der Waals surface area contributed by atoms with Crippen molar-refractivity contribution in [2.75, 3.05) is 4.90 Å². The lowest BCUT2D eigenvalue weighted by Gasteiger charge is -2.31. The van der Waals surface area contributed by atoms with E-state index in [9.17, 15) is 4.79 Å². The molecule has 36 heavy (non-hydrogen) atoms. The molecule has 7 heteroatoms. The molecule has 1 atom stereocenters. The van der Waals surface area contributed by atoms with Gasteiger partial charge in [-0.05, 0) is 54.2 Å². The summed E-state index contributed by atoms with van der Waals surface area (Å²) in [7, 11) is 0. The highest BCUT2D eigenvalue weighted by Crippen LogP contribution is 2.31. The number of H-pyrrole nitrogens is 1. The first-order chi connectivity index (χ1) is 17.6. The third kappa shape index (κ3) is 5.05. The molecule has 0 aliphatic carbocycles. The quantitative estimate of drug-likeness (QED) is 0.334. The molecule has 182 valence electrons. The minimum atomic E-state index is -0.564. The number of nitrogens with one attached hydrogen (secondary N) is 1. The second kappa shape index (κ2) is 10.6. The van der Waals surface area contributed by atoms with Crippen LogP contribution in [-0.4, -0.2) is 27.0 Å². The number of nitrogens with zero attached hydrogens (tertiary/aromatic N) is 4. The third-order valence-electron chi connectivity index (χ3n) is 6.40. The SMILES string of the molecule is CCCCC1=NC(C)N(c2cccnc2)C=C1Cc1ccc(-c2ccccc2-c2noc(=O)[nH]2)cc1. The van der Waals surface area contributed by atoms with E-state index in [4.69, 9.17) is 9.52 Å². The third-order valence-corrected chi connectivity index (χ3v) is 6.40. The summed E-state index contributed by atoms with van der Waals surface area (Å²) in [5.41, 5.74) is 7.52. The molecule has 1 aliphatic rings. The van der Waals surface area contributed by atoms with Gasteiger partial charge in [0.15, 0.2) is 5.82 Å². The van der Waals surface area contributed by atoms with Crippen molar-refractivity contribution < 1.29 is 4.52 Å². The molecular weight excluding hydrogens is 450 g/mol. The van der Waals surface area contributed by atoms with Crippen LogP contribution in [0.5, 0.6) is 0 Å². The van der Waals surface area contributed by atoms with E-state index >= 15 is 0 Å². The summed E-state index contributed by atoms with van der Waals surface area (Å²) in [6.45, 7) is 4.34. The Hall–Kier alpha value is -4.26. The van der Waals surface area contributed by atoms with Crippen LogP contribution in [0.2, 0.25) is 0 Å². The number of allylic oxidation sites excluding steroid dienone is 1. The van der Waals surface area contributed by atoms with Crippen LogP contribution in [0.15, 0.2) is 99.1 Å². The zero-order valence-electron chi connectivity index (χ0n) is 20.5. The van der Waals surface area contributed by atoms with Gasteiger partial charge < -0.3 is 4.90 Å². The summed E-state index contributed by atoms with van der Waals surface area (Å²) in [5.74, 6) is -0.139. The molecule has 0 amide bonds. The number of rotatable bonds is 8. The second-order valence-electron chi connectivity index (χ2n) is 8.95. The number of benzene rings is 2. The van der Waals surface area contributed by atoms with Crippen LogP contribution in [0, 0.1) is 0 Å². The molecule has 1 aliphatic heterocycles. The normalized spacial score (nSPS) is 15.5. The van der Waals surface area contributed by atoms with Gasteiger partial charge in [0.2, 0.25) is 0 Å². The molecule has 0 spiro atoms. The lowest BCUT2D eigenvalue weighted by Crippen LogP contribution is -2.33.